The molecule has 0 radical (unpaired) electrons. The first-order chi connectivity index (χ1) is 8.60. The Bertz CT molecular complexity index is 415. The van der Waals surface area contributed by atoms with Crippen LogP contribution in [0, 0.1) is 0 Å². The maximum atomic E-state index is 11.4. The molecule has 1 aromatic heterocycles. The van der Waals surface area contributed by atoms with Gasteiger partial charge in [0, 0.05) is 6.54 Å². The van der Waals surface area contributed by atoms with Gasteiger partial charge >= 0.3 is 5.97 Å². The van der Waals surface area contributed by atoms with Crippen molar-refractivity contribution in [3.8, 4) is 0 Å². The Morgan fingerprint density at radius 3 is 2.56 bits per heavy atom. The highest BCUT2D eigenvalue weighted by Gasteiger charge is 2.18. The van der Waals surface area contributed by atoms with E-state index in [0.717, 1.165) is 0 Å². The Morgan fingerprint density at radius 2 is 2.00 bits per heavy atom. The zero-order valence-electron chi connectivity index (χ0n) is 10.5. The van der Waals surface area contributed by atoms with Gasteiger partial charge in [-0.1, -0.05) is 6.92 Å². The number of anilines is 2. The number of carbonyl (C=O) groups is 1. The minimum Gasteiger partial charge on any atom is -0.467 e. The summed E-state index contributed by atoms with van der Waals surface area (Å²) < 4.78 is 4.66. The smallest absolute Gasteiger partial charge is 0.328 e. The molecule has 0 aliphatic carbocycles. The van der Waals surface area contributed by atoms with Gasteiger partial charge in [0.2, 0.25) is 17.2 Å². The van der Waals surface area contributed by atoms with Gasteiger partial charge in [0.15, 0.2) is 0 Å². The number of halogens is 1. The van der Waals surface area contributed by atoms with Crippen LogP contribution in [-0.4, -0.2) is 40.6 Å². The van der Waals surface area contributed by atoms with E-state index in [4.69, 9.17) is 11.6 Å². The molecule has 0 aliphatic rings. The number of carbonyl (C=O) groups excluding carboxylic acids is 1. The first-order valence-corrected chi connectivity index (χ1v) is 5.98. The molecular formula is C10H16ClN5O2. The van der Waals surface area contributed by atoms with Crippen molar-refractivity contribution >= 4 is 29.5 Å². The Kier molecular flexibility index (Phi) is 5.57. The van der Waals surface area contributed by atoms with Crippen molar-refractivity contribution in [3.05, 3.63) is 5.28 Å². The molecule has 0 bridgehead atoms. The quantitative estimate of drug-likeness (QED) is 0.756. The molecule has 0 fully saturated rings. The summed E-state index contributed by atoms with van der Waals surface area (Å²) in [6.07, 6.45) is 0.548. The van der Waals surface area contributed by atoms with Crippen LogP contribution in [0.2, 0.25) is 5.28 Å². The average Bonchev–Trinajstić information content (AvgIpc) is 2.34. The second-order valence-corrected chi connectivity index (χ2v) is 3.75. The lowest BCUT2D eigenvalue weighted by atomic mass is 10.2. The third-order valence-electron chi connectivity index (χ3n) is 2.14. The molecule has 1 aromatic rings. The highest BCUT2D eigenvalue weighted by atomic mass is 35.5. The molecule has 1 unspecified atom stereocenters. The Hall–Kier alpha value is -1.63. The summed E-state index contributed by atoms with van der Waals surface area (Å²) >= 11 is 5.77. The van der Waals surface area contributed by atoms with Crippen LogP contribution in [0.4, 0.5) is 11.9 Å². The van der Waals surface area contributed by atoms with Crippen molar-refractivity contribution in [2.75, 3.05) is 24.3 Å². The fourth-order valence-electron chi connectivity index (χ4n) is 1.28. The number of rotatable bonds is 6. The minimum absolute atomic E-state index is 0.0585. The van der Waals surface area contributed by atoms with Gasteiger partial charge in [-0.25, -0.2) is 4.79 Å². The van der Waals surface area contributed by atoms with Gasteiger partial charge < -0.3 is 15.4 Å². The molecule has 100 valence electrons. The zero-order valence-corrected chi connectivity index (χ0v) is 11.3. The molecule has 0 aliphatic heterocycles. The van der Waals surface area contributed by atoms with E-state index in [9.17, 15) is 4.79 Å². The van der Waals surface area contributed by atoms with Crippen LogP contribution >= 0.6 is 11.6 Å². The predicted octanol–water partition coefficient (Wildman–Crippen LogP) is 1.32. The van der Waals surface area contributed by atoms with E-state index in [0.29, 0.717) is 18.9 Å². The fourth-order valence-corrected chi connectivity index (χ4v) is 1.44. The molecule has 0 amide bonds. The van der Waals surface area contributed by atoms with E-state index >= 15 is 0 Å². The highest BCUT2D eigenvalue weighted by Crippen LogP contribution is 2.11. The summed E-state index contributed by atoms with van der Waals surface area (Å²) in [7, 11) is 1.33. The van der Waals surface area contributed by atoms with Gasteiger partial charge in [-0.2, -0.15) is 15.0 Å². The maximum absolute atomic E-state index is 11.4. The van der Waals surface area contributed by atoms with Crippen LogP contribution in [-0.2, 0) is 9.53 Å². The molecule has 1 atom stereocenters. The third-order valence-corrected chi connectivity index (χ3v) is 2.31. The molecular weight excluding hydrogens is 258 g/mol. The summed E-state index contributed by atoms with van der Waals surface area (Å²) in [5, 5.41) is 5.84. The molecule has 18 heavy (non-hydrogen) atoms. The average molecular weight is 274 g/mol. The van der Waals surface area contributed by atoms with E-state index in [1.165, 1.54) is 7.11 Å². The summed E-state index contributed by atoms with van der Waals surface area (Å²) in [4.78, 5) is 23.3. The zero-order chi connectivity index (χ0) is 13.5. The predicted molar refractivity (Wildman–Crippen MR) is 68.7 cm³/mol. The van der Waals surface area contributed by atoms with Gasteiger partial charge in [0.25, 0.3) is 0 Å². The maximum Gasteiger partial charge on any atom is 0.328 e. The molecule has 1 rings (SSSR count). The number of hydrogen-bond donors (Lipinski definition) is 2. The van der Waals surface area contributed by atoms with Gasteiger partial charge in [0.1, 0.15) is 6.04 Å². The van der Waals surface area contributed by atoms with E-state index in [1.807, 2.05) is 13.8 Å². The van der Waals surface area contributed by atoms with E-state index in [2.05, 4.69) is 30.3 Å². The summed E-state index contributed by atoms with van der Waals surface area (Å²) in [5.41, 5.74) is 0. The Morgan fingerprint density at radius 1 is 1.33 bits per heavy atom. The van der Waals surface area contributed by atoms with Crippen molar-refractivity contribution in [2.24, 2.45) is 0 Å². The number of methoxy groups -OCH3 is 1. The first kappa shape index (κ1) is 14.4. The Labute approximate surface area is 110 Å². The van der Waals surface area contributed by atoms with E-state index in [1.54, 1.807) is 0 Å². The van der Waals surface area contributed by atoms with Crippen molar-refractivity contribution < 1.29 is 9.53 Å². The summed E-state index contributed by atoms with van der Waals surface area (Å²) in [5.74, 6) is 0.224. The number of nitrogens with zero attached hydrogens (tertiary/aromatic N) is 3. The molecule has 7 nitrogen and oxygen atoms in total. The first-order valence-electron chi connectivity index (χ1n) is 5.60. The third kappa shape index (κ3) is 3.99. The molecule has 0 spiro atoms. The molecule has 8 heteroatoms. The highest BCUT2D eigenvalue weighted by molar-refractivity contribution is 6.28. The van der Waals surface area contributed by atoms with Crippen molar-refractivity contribution in [1.82, 2.24) is 15.0 Å². The SMILES string of the molecule is CCNc1nc(Cl)nc(NC(CC)C(=O)OC)n1. The number of aromatic nitrogens is 3. The molecule has 1 heterocycles. The topological polar surface area (TPSA) is 89.0 Å². The molecule has 0 saturated heterocycles. The number of esters is 1. The lowest BCUT2D eigenvalue weighted by Crippen LogP contribution is -2.30. The van der Waals surface area contributed by atoms with Crippen LogP contribution in [0.1, 0.15) is 20.3 Å². The van der Waals surface area contributed by atoms with Crippen LogP contribution in [0.25, 0.3) is 0 Å². The van der Waals surface area contributed by atoms with Crippen LogP contribution in [0.3, 0.4) is 0 Å². The number of nitrogens with one attached hydrogen (secondary N) is 2. The van der Waals surface area contributed by atoms with Crippen LogP contribution in [0.15, 0.2) is 0 Å². The largest absolute Gasteiger partial charge is 0.467 e. The molecule has 0 saturated carbocycles. The van der Waals surface area contributed by atoms with Crippen molar-refractivity contribution in [1.29, 1.82) is 0 Å². The van der Waals surface area contributed by atoms with Crippen LogP contribution in [0.5, 0.6) is 0 Å². The van der Waals surface area contributed by atoms with Gasteiger partial charge in [-0.3, -0.25) is 0 Å². The van der Waals surface area contributed by atoms with Gasteiger partial charge in [-0.05, 0) is 24.9 Å². The normalized spacial score (nSPS) is 11.8. The Balaban J connectivity index is 2.85. The van der Waals surface area contributed by atoms with Gasteiger partial charge in [0.05, 0.1) is 7.11 Å². The van der Waals surface area contributed by atoms with Crippen molar-refractivity contribution in [3.63, 3.8) is 0 Å². The molecule has 0 aromatic carbocycles. The van der Waals surface area contributed by atoms with E-state index < -0.39 is 6.04 Å². The summed E-state index contributed by atoms with van der Waals surface area (Å²) in [6.45, 7) is 4.42. The number of ether oxygens (including phenoxy) is 1. The lowest BCUT2D eigenvalue weighted by Gasteiger charge is -2.14. The van der Waals surface area contributed by atoms with Crippen molar-refractivity contribution in [2.45, 2.75) is 26.3 Å². The van der Waals surface area contributed by atoms with Gasteiger partial charge in [-0.15, -0.1) is 0 Å². The monoisotopic (exact) mass is 273 g/mol. The molecule has 2 N–H and O–H groups in total. The lowest BCUT2D eigenvalue weighted by molar-refractivity contribution is -0.141. The standard InChI is InChI=1S/C10H16ClN5O2/c1-4-6(7(17)18-3)13-10-15-8(11)14-9(16-10)12-5-2/h6H,4-5H2,1-3H3,(H2,12,13,14,15,16). The minimum atomic E-state index is -0.511. The fraction of sp³-hybridized carbons (Fsp3) is 0.600. The second-order valence-electron chi connectivity index (χ2n) is 3.41. The van der Waals surface area contributed by atoms with Crippen LogP contribution < -0.4 is 10.6 Å². The van der Waals surface area contributed by atoms with E-state index in [-0.39, 0.29) is 17.2 Å². The number of hydrogen-bond acceptors (Lipinski definition) is 7. The summed E-state index contributed by atoms with van der Waals surface area (Å²) in [6, 6.07) is -0.511. The second kappa shape index (κ2) is 6.95.